The number of nitrogens with zero attached hydrogens (tertiary/aromatic N) is 1. The van der Waals surface area contributed by atoms with Gasteiger partial charge >= 0.3 is 0 Å². The van der Waals surface area contributed by atoms with Crippen molar-refractivity contribution in [2.45, 2.75) is 11.4 Å². The van der Waals surface area contributed by atoms with Crippen LogP contribution in [0.25, 0.3) is 0 Å². The summed E-state index contributed by atoms with van der Waals surface area (Å²) in [5, 5.41) is 4.72. The SMILES string of the molecule is CON(C)S(=O)(=O)c1ccc(C(=O)NCc2cc(Br)cs2)cc1. The second-order valence-corrected chi connectivity index (χ2v) is 8.38. The molecule has 124 valence electrons. The van der Waals surface area contributed by atoms with Crippen molar-refractivity contribution in [1.29, 1.82) is 0 Å². The van der Waals surface area contributed by atoms with Gasteiger partial charge in [0.2, 0.25) is 0 Å². The van der Waals surface area contributed by atoms with Crippen LogP contribution in [0.4, 0.5) is 0 Å². The van der Waals surface area contributed by atoms with Crippen LogP contribution in [0, 0.1) is 0 Å². The van der Waals surface area contributed by atoms with Crippen molar-refractivity contribution in [3.63, 3.8) is 0 Å². The van der Waals surface area contributed by atoms with Gasteiger partial charge < -0.3 is 5.32 Å². The van der Waals surface area contributed by atoms with Crippen molar-refractivity contribution in [3.8, 4) is 0 Å². The van der Waals surface area contributed by atoms with Crippen molar-refractivity contribution in [3.05, 3.63) is 50.6 Å². The number of thiophene rings is 1. The molecule has 0 radical (unpaired) electrons. The molecule has 1 aromatic heterocycles. The first-order valence-electron chi connectivity index (χ1n) is 6.49. The number of rotatable bonds is 6. The normalized spacial score (nSPS) is 11.7. The van der Waals surface area contributed by atoms with Gasteiger partial charge in [0.25, 0.3) is 15.9 Å². The fraction of sp³-hybridized carbons (Fsp3) is 0.214. The highest BCUT2D eigenvalue weighted by molar-refractivity contribution is 9.10. The lowest BCUT2D eigenvalue weighted by molar-refractivity contribution is -0.0258. The largest absolute Gasteiger partial charge is 0.347 e. The first-order chi connectivity index (χ1) is 10.8. The summed E-state index contributed by atoms with van der Waals surface area (Å²) in [5.74, 6) is -0.265. The van der Waals surface area contributed by atoms with Gasteiger partial charge in [-0.3, -0.25) is 9.63 Å². The molecule has 0 aliphatic rings. The number of hydroxylamine groups is 1. The molecular weight excluding hydrogens is 404 g/mol. The first kappa shape index (κ1) is 18.1. The average Bonchev–Trinajstić information content (AvgIpc) is 2.97. The lowest BCUT2D eigenvalue weighted by Crippen LogP contribution is -2.26. The molecule has 9 heteroatoms. The summed E-state index contributed by atoms with van der Waals surface area (Å²) < 4.78 is 25.8. The first-order valence-corrected chi connectivity index (χ1v) is 9.60. The Bertz CT molecular complexity index is 787. The summed E-state index contributed by atoms with van der Waals surface area (Å²) in [4.78, 5) is 17.8. The van der Waals surface area contributed by atoms with Gasteiger partial charge in [0.1, 0.15) is 0 Å². The van der Waals surface area contributed by atoms with E-state index in [2.05, 4.69) is 21.2 Å². The van der Waals surface area contributed by atoms with Crippen molar-refractivity contribution >= 4 is 43.2 Å². The minimum Gasteiger partial charge on any atom is -0.347 e. The topological polar surface area (TPSA) is 75.7 Å². The molecule has 0 aliphatic heterocycles. The van der Waals surface area contributed by atoms with E-state index in [0.717, 1.165) is 13.8 Å². The van der Waals surface area contributed by atoms with Gasteiger partial charge in [-0.15, -0.1) is 11.3 Å². The molecule has 23 heavy (non-hydrogen) atoms. The fourth-order valence-corrected chi connectivity index (χ4v) is 4.10. The number of sulfonamides is 1. The van der Waals surface area contributed by atoms with Gasteiger partial charge in [-0.2, -0.15) is 0 Å². The van der Waals surface area contributed by atoms with Gasteiger partial charge in [0.15, 0.2) is 0 Å². The molecular formula is C14H15BrN2O4S2. The Morgan fingerprint density at radius 2 is 2.00 bits per heavy atom. The second-order valence-electron chi connectivity index (χ2n) is 4.54. The molecule has 1 heterocycles. The number of hydrogen-bond donors (Lipinski definition) is 1. The van der Waals surface area contributed by atoms with Crippen molar-refractivity contribution in [2.75, 3.05) is 14.2 Å². The quantitative estimate of drug-likeness (QED) is 0.731. The van der Waals surface area contributed by atoms with Crippen LogP contribution >= 0.6 is 27.3 Å². The van der Waals surface area contributed by atoms with E-state index in [4.69, 9.17) is 4.84 Å². The zero-order chi connectivity index (χ0) is 17.0. The van der Waals surface area contributed by atoms with Crippen LogP contribution in [0.5, 0.6) is 0 Å². The molecule has 2 aromatic rings. The average molecular weight is 419 g/mol. The minimum absolute atomic E-state index is 0.0561. The van der Waals surface area contributed by atoms with Crippen LogP contribution in [0.3, 0.4) is 0 Å². The zero-order valence-corrected chi connectivity index (χ0v) is 15.7. The summed E-state index contributed by atoms with van der Waals surface area (Å²) >= 11 is 4.89. The fourth-order valence-electron chi connectivity index (χ4n) is 1.74. The summed E-state index contributed by atoms with van der Waals surface area (Å²) in [6.45, 7) is 0.418. The van der Waals surface area contributed by atoms with E-state index in [1.165, 1.54) is 49.8 Å². The number of halogens is 1. The van der Waals surface area contributed by atoms with E-state index >= 15 is 0 Å². The molecule has 0 unspecified atom stereocenters. The molecule has 0 spiro atoms. The lowest BCUT2D eigenvalue weighted by atomic mass is 10.2. The van der Waals surface area contributed by atoms with Gasteiger partial charge in [-0.25, -0.2) is 8.42 Å². The second kappa shape index (κ2) is 7.54. The number of carbonyl (C=O) groups is 1. The van der Waals surface area contributed by atoms with E-state index in [-0.39, 0.29) is 10.8 Å². The predicted octanol–water partition coefficient (Wildman–Crippen LogP) is 2.62. The summed E-state index contributed by atoms with van der Waals surface area (Å²) in [7, 11) is -1.14. The van der Waals surface area contributed by atoms with Crippen molar-refractivity contribution < 1.29 is 18.0 Å². The maximum atomic E-state index is 12.1. The van der Waals surface area contributed by atoms with E-state index < -0.39 is 10.0 Å². The number of amides is 1. The minimum atomic E-state index is -3.71. The van der Waals surface area contributed by atoms with Crippen molar-refractivity contribution in [2.24, 2.45) is 0 Å². The maximum Gasteiger partial charge on any atom is 0.264 e. The van der Waals surface area contributed by atoms with Crippen LogP contribution in [0.2, 0.25) is 0 Å². The third kappa shape index (κ3) is 4.39. The molecule has 0 fully saturated rings. The number of benzene rings is 1. The zero-order valence-electron chi connectivity index (χ0n) is 12.4. The Morgan fingerprint density at radius 1 is 1.35 bits per heavy atom. The van der Waals surface area contributed by atoms with Gasteiger partial charge in [-0.1, -0.05) is 4.47 Å². The van der Waals surface area contributed by atoms with E-state index in [1.54, 1.807) is 0 Å². The highest BCUT2D eigenvalue weighted by atomic mass is 79.9. The molecule has 0 atom stereocenters. The molecule has 0 aliphatic carbocycles. The third-order valence-electron chi connectivity index (χ3n) is 3.05. The van der Waals surface area contributed by atoms with E-state index in [1.807, 2.05) is 11.4 Å². The van der Waals surface area contributed by atoms with Crippen LogP contribution in [-0.2, 0) is 21.4 Å². The van der Waals surface area contributed by atoms with E-state index in [9.17, 15) is 13.2 Å². The molecule has 0 saturated carbocycles. The lowest BCUT2D eigenvalue weighted by Gasteiger charge is -2.14. The smallest absolute Gasteiger partial charge is 0.264 e. The molecule has 1 N–H and O–H groups in total. The molecule has 6 nitrogen and oxygen atoms in total. The maximum absolute atomic E-state index is 12.1. The highest BCUT2D eigenvalue weighted by Gasteiger charge is 2.20. The Morgan fingerprint density at radius 3 is 2.52 bits per heavy atom. The van der Waals surface area contributed by atoms with Crippen LogP contribution < -0.4 is 5.32 Å². The molecule has 1 amide bonds. The highest BCUT2D eigenvalue weighted by Crippen LogP contribution is 2.19. The molecule has 2 rings (SSSR count). The Balaban J connectivity index is 2.05. The van der Waals surface area contributed by atoms with Crippen LogP contribution in [0.1, 0.15) is 15.2 Å². The predicted molar refractivity (Wildman–Crippen MR) is 91.6 cm³/mol. The number of nitrogens with one attached hydrogen (secondary N) is 1. The Labute approximate surface area is 147 Å². The van der Waals surface area contributed by atoms with Crippen LogP contribution in [0.15, 0.2) is 45.1 Å². The molecule has 1 aromatic carbocycles. The Hall–Kier alpha value is -1.26. The standard InChI is InChI=1S/C14H15BrN2O4S2/c1-17(21-2)23(19,20)13-5-3-10(4-6-13)14(18)16-8-12-7-11(15)9-22-12/h3-7,9H,8H2,1-2H3,(H,16,18). The third-order valence-corrected chi connectivity index (χ3v) is 6.45. The summed E-state index contributed by atoms with van der Waals surface area (Å²) in [6.07, 6.45) is 0. The molecule has 0 bridgehead atoms. The van der Waals surface area contributed by atoms with Crippen molar-refractivity contribution in [1.82, 2.24) is 9.79 Å². The number of hydrogen-bond acceptors (Lipinski definition) is 5. The Kier molecular flexibility index (Phi) is 5.93. The summed E-state index contributed by atoms with van der Waals surface area (Å²) in [6, 6.07) is 7.62. The van der Waals surface area contributed by atoms with Gasteiger partial charge in [0, 0.05) is 27.3 Å². The van der Waals surface area contributed by atoms with Gasteiger partial charge in [-0.05, 0) is 46.3 Å². The monoisotopic (exact) mass is 418 g/mol. The summed E-state index contributed by atoms with van der Waals surface area (Å²) in [5.41, 5.74) is 0.389. The van der Waals surface area contributed by atoms with Gasteiger partial charge in [0.05, 0.1) is 18.6 Å². The van der Waals surface area contributed by atoms with E-state index in [0.29, 0.717) is 12.1 Å². The van der Waals surface area contributed by atoms with Crippen LogP contribution in [-0.4, -0.2) is 33.0 Å². The molecule has 0 saturated heterocycles. The number of carbonyl (C=O) groups excluding carboxylic acids is 1.